The molecular weight excluding hydrogens is 294 g/mol. The fourth-order valence-electron chi connectivity index (χ4n) is 2.22. The van der Waals surface area contributed by atoms with E-state index < -0.39 is 0 Å². The summed E-state index contributed by atoms with van der Waals surface area (Å²) in [5.41, 5.74) is 0.973. The number of hydrogen-bond donors (Lipinski definition) is 1. The first-order valence-corrected chi connectivity index (χ1v) is 7.63. The average molecular weight is 312 g/mol. The SMILES string of the molecule is Cl.c1ccc(-c2nnc(SCC3CCCNC3)o2)cc1. The molecule has 1 unspecified atom stereocenters. The van der Waals surface area contributed by atoms with Crippen molar-refractivity contribution < 1.29 is 4.42 Å². The van der Waals surface area contributed by atoms with Gasteiger partial charge in [-0.05, 0) is 44.0 Å². The number of thioether (sulfide) groups is 1. The molecule has 1 saturated heterocycles. The van der Waals surface area contributed by atoms with E-state index >= 15 is 0 Å². The van der Waals surface area contributed by atoms with Gasteiger partial charge in [0.2, 0.25) is 5.89 Å². The largest absolute Gasteiger partial charge is 0.411 e. The van der Waals surface area contributed by atoms with Gasteiger partial charge in [-0.2, -0.15) is 0 Å². The van der Waals surface area contributed by atoms with Crippen molar-refractivity contribution in [1.29, 1.82) is 0 Å². The number of rotatable bonds is 4. The second kappa shape index (κ2) is 7.67. The van der Waals surface area contributed by atoms with Crippen LogP contribution in [0.2, 0.25) is 0 Å². The maximum Gasteiger partial charge on any atom is 0.276 e. The van der Waals surface area contributed by atoms with Gasteiger partial charge in [0, 0.05) is 11.3 Å². The summed E-state index contributed by atoms with van der Waals surface area (Å²) in [6.45, 7) is 2.26. The Bertz CT molecular complexity index is 514. The Morgan fingerprint density at radius 1 is 1.25 bits per heavy atom. The van der Waals surface area contributed by atoms with Crippen LogP contribution in [-0.4, -0.2) is 29.0 Å². The van der Waals surface area contributed by atoms with E-state index in [0.29, 0.717) is 17.0 Å². The molecule has 1 aromatic heterocycles. The van der Waals surface area contributed by atoms with Gasteiger partial charge in [-0.25, -0.2) is 0 Å². The van der Waals surface area contributed by atoms with Crippen molar-refractivity contribution >= 4 is 24.2 Å². The summed E-state index contributed by atoms with van der Waals surface area (Å²) in [5, 5.41) is 12.3. The predicted molar refractivity (Wildman–Crippen MR) is 83.3 cm³/mol. The summed E-state index contributed by atoms with van der Waals surface area (Å²) in [4.78, 5) is 0. The molecule has 0 saturated carbocycles. The molecule has 1 N–H and O–H groups in total. The van der Waals surface area contributed by atoms with Crippen LogP contribution in [0.4, 0.5) is 0 Å². The van der Waals surface area contributed by atoms with Crippen molar-refractivity contribution in [2.45, 2.75) is 18.1 Å². The van der Waals surface area contributed by atoms with Gasteiger partial charge >= 0.3 is 0 Å². The third-order valence-electron chi connectivity index (χ3n) is 3.27. The molecule has 3 rings (SSSR count). The second-order valence-corrected chi connectivity index (χ2v) is 5.73. The van der Waals surface area contributed by atoms with Gasteiger partial charge in [-0.3, -0.25) is 0 Å². The molecule has 2 heterocycles. The van der Waals surface area contributed by atoms with Crippen LogP contribution in [0.25, 0.3) is 11.5 Å². The van der Waals surface area contributed by atoms with E-state index in [1.165, 1.54) is 12.8 Å². The molecule has 0 aliphatic carbocycles. The molecule has 0 amide bonds. The molecule has 1 aromatic carbocycles. The number of benzene rings is 1. The van der Waals surface area contributed by atoms with Gasteiger partial charge in [0.15, 0.2) is 0 Å². The maximum atomic E-state index is 5.68. The molecule has 0 spiro atoms. The fraction of sp³-hybridized carbons (Fsp3) is 0.429. The van der Waals surface area contributed by atoms with E-state index in [4.69, 9.17) is 4.42 Å². The number of halogens is 1. The van der Waals surface area contributed by atoms with Crippen LogP contribution < -0.4 is 5.32 Å². The molecule has 108 valence electrons. The summed E-state index contributed by atoms with van der Waals surface area (Å²) >= 11 is 1.66. The highest BCUT2D eigenvalue weighted by Crippen LogP contribution is 2.25. The lowest BCUT2D eigenvalue weighted by atomic mass is 10.0. The second-order valence-electron chi connectivity index (χ2n) is 4.76. The van der Waals surface area contributed by atoms with Crippen molar-refractivity contribution in [3.8, 4) is 11.5 Å². The highest BCUT2D eigenvalue weighted by molar-refractivity contribution is 7.99. The van der Waals surface area contributed by atoms with Crippen molar-refractivity contribution in [3.63, 3.8) is 0 Å². The maximum absolute atomic E-state index is 5.68. The molecular formula is C14H18ClN3OS. The Hall–Kier alpha value is -1.04. The first-order valence-electron chi connectivity index (χ1n) is 6.64. The van der Waals surface area contributed by atoms with Gasteiger partial charge in [0.05, 0.1) is 0 Å². The van der Waals surface area contributed by atoms with E-state index in [-0.39, 0.29) is 12.4 Å². The minimum Gasteiger partial charge on any atom is -0.411 e. The van der Waals surface area contributed by atoms with Crippen LogP contribution in [-0.2, 0) is 0 Å². The van der Waals surface area contributed by atoms with Crippen LogP contribution in [0, 0.1) is 5.92 Å². The lowest BCUT2D eigenvalue weighted by molar-refractivity contribution is 0.408. The summed E-state index contributed by atoms with van der Waals surface area (Å²) < 4.78 is 5.68. The summed E-state index contributed by atoms with van der Waals surface area (Å²) in [6, 6.07) is 9.88. The van der Waals surface area contributed by atoms with Gasteiger partial charge in [0.25, 0.3) is 5.22 Å². The van der Waals surface area contributed by atoms with E-state index in [9.17, 15) is 0 Å². The molecule has 1 aliphatic rings. The number of piperidine rings is 1. The minimum absolute atomic E-state index is 0. The third-order valence-corrected chi connectivity index (χ3v) is 4.32. The molecule has 1 aliphatic heterocycles. The number of aromatic nitrogens is 2. The smallest absolute Gasteiger partial charge is 0.276 e. The fourth-order valence-corrected chi connectivity index (χ4v) is 3.12. The zero-order chi connectivity index (χ0) is 12.9. The van der Waals surface area contributed by atoms with Crippen molar-refractivity contribution in [2.24, 2.45) is 5.92 Å². The molecule has 2 aromatic rings. The van der Waals surface area contributed by atoms with Crippen LogP contribution in [0.5, 0.6) is 0 Å². The van der Waals surface area contributed by atoms with E-state index in [1.54, 1.807) is 11.8 Å². The highest BCUT2D eigenvalue weighted by atomic mass is 35.5. The van der Waals surface area contributed by atoms with Gasteiger partial charge < -0.3 is 9.73 Å². The van der Waals surface area contributed by atoms with Crippen molar-refractivity contribution in [2.75, 3.05) is 18.8 Å². The summed E-state index contributed by atoms with van der Waals surface area (Å²) in [7, 11) is 0. The van der Waals surface area contributed by atoms with E-state index in [2.05, 4.69) is 15.5 Å². The summed E-state index contributed by atoms with van der Waals surface area (Å²) in [6.07, 6.45) is 2.56. The van der Waals surface area contributed by atoms with Crippen LogP contribution in [0.15, 0.2) is 40.0 Å². The average Bonchev–Trinajstić information content (AvgIpc) is 2.96. The Kier molecular flexibility index (Phi) is 5.88. The lowest BCUT2D eigenvalue weighted by Crippen LogP contribution is -2.30. The molecule has 1 atom stereocenters. The van der Waals surface area contributed by atoms with Crippen LogP contribution in [0.3, 0.4) is 0 Å². The molecule has 6 heteroatoms. The van der Waals surface area contributed by atoms with Gasteiger partial charge in [-0.1, -0.05) is 30.0 Å². The Balaban J connectivity index is 0.00000147. The van der Waals surface area contributed by atoms with Gasteiger partial charge in [-0.15, -0.1) is 22.6 Å². The van der Waals surface area contributed by atoms with Crippen molar-refractivity contribution in [3.05, 3.63) is 30.3 Å². The van der Waals surface area contributed by atoms with E-state index in [1.807, 2.05) is 30.3 Å². The zero-order valence-electron chi connectivity index (χ0n) is 11.1. The quantitative estimate of drug-likeness (QED) is 0.878. The first-order chi connectivity index (χ1) is 9.42. The normalized spacial score (nSPS) is 18.5. The highest BCUT2D eigenvalue weighted by Gasteiger charge is 2.15. The van der Waals surface area contributed by atoms with Gasteiger partial charge in [0.1, 0.15) is 0 Å². The van der Waals surface area contributed by atoms with E-state index in [0.717, 1.165) is 24.4 Å². The van der Waals surface area contributed by atoms with Crippen LogP contribution >= 0.6 is 24.2 Å². The zero-order valence-corrected chi connectivity index (χ0v) is 12.8. The molecule has 0 bridgehead atoms. The standard InChI is InChI=1S/C14H17N3OS.ClH/c1-2-6-12(7-3-1)13-16-17-14(18-13)19-10-11-5-4-8-15-9-11;/h1-3,6-7,11,15H,4-5,8-10H2;1H. The van der Waals surface area contributed by atoms with Crippen molar-refractivity contribution in [1.82, 2.24) is 15.5 Å². The topological polar surface area (TPSA) is 51.0 Å². The minimum atomic E-state index is 0. The molecule has 1 fully saturated rings. The molecule has 0 radical (unpaired) electrons. The summed E-state index contributed by atoms with van der Waals surface area (Å²) in [5.74, 6) is 2.36. The first kappa shape index (κ1) is 15.4. The number of hydrogen-bond acceptors (Lipinski definition) is 5. The predicted octanol–water partition coefficient (Wildman–Crippen LogP) is 3.25. The Morgan fingerprint density at radius 3 is 2.85 bits per heavy atom. The van der Waals surface area contributed by atoms with Crippen LogP contribution in [0.1, 0.15) is 12.8 Å². The molecule has 20 heavy (non-hydrogen) atoms. The Labute approximate surface area is 129 Å². The number of nitrogens with zero attached hydrogens (tertiary/aromatic N) is 2. The third kappa shape index (κ3) is 3.98. The lowest BCUT2D eigenvalue weighted by Gasteiger charge is -2.21. The Morgan fingerprint density at radius 2 is 2.10 bits per heavy atom. The molecule has 4 nitrogen and oxygen atoms in total. The monoisotopic (exact) mass is 311 g/mol. The number of nitrogens with one attached hydrogen (secondary N) is 1.